The average Bonchev–Trinajstić information content (AvgIpc) is 3.88. The van der Waals surface area contributed by atoms with Crippen LogP contribution in [-0.4, -0.2) is 0 Å². The fraction of sp³-hybridized carbons (Fsp3) is 0.0303. The minimum absolute atomic E-state index is 1.23. The standard InChI is InChI=1S/C66H42/c1-39-18-15-19-40(2)58(39)45-32-33-50-55(36-45)60(44-26-13-6-14-27-44)65-52-31-17-29-49-53-37-56-61-48(54(53)38-57(62(49)52)66(65)59(50)43-24-11-5-12-25-43)28-16-30-51(61)63-46(41-20-7-3-8-21-41)34-35-47(64(56)63)42-22-9-4-10-23-42/h3-38H,1-2H3. The summed E-state index contributed by atoms with van der Waals surface area (Å²) in [6.07, 6.45) is 0. The van der Waals surface area contributed by atoms with E-state index in [1.54, 1.807) is 0 Å². The molecule has 0 heterocycles. The molecule has 0 aromatic heterocycles. The molecule has 0 unspecified atom stereocenters. The molecule has 14 aromatic carbocycles. The van der Waals surface area contributed by atoms with E-state index in [4.69, 9.17) is 0 Å². The largest absolute Gasteiger partial charge is 0.0622 e. The van der Waals surface area contributed by atoms with Gasteiger partial charge in [-0.15, -0.1) is 0 Å². The first-order chi connectivity index (χ1) is 32.6. The third kappa shape index (κ3) is 5.16. The Morgan fingerprint density at radius 3 is 1.14 bits per heavy atom. The molecule has 66 heavy (non-hydrogen) atoms. The lowest BCUT2D eigenvalue weighted by molar-refractivity contribution is 1.38. The lowest BCUT2D eigenvalue weighted by atomic mass is 9.84. The van der Waals surface area contributed by atoms with E-state index in [1.165, 1.54) is 153 Å². The molecule has 0 heteroatoms. The van der Waals surface area contributed by atoms with Crippen LogP contribution in [0.25, 0.3) is 142 Å². The van der Waals surface area contributed by atoms with Crippen LogP contribution in [0.1, 0.15) is 11.1 Å². The van der Waals surface area contributed by atoms with Gasteiger partial charge in [-0.05, 0) is 185 Å². The van der Waals surface area contributed by atoms with Crippen molar-refractivity contribution in [2.45, 2.75) is 13.8 Å². The summed E-state index contributed by atoms with van der Waals surface area (Å²) in [5, 5.41) is 20.9. The Morgan fingerprint density at radius 1 is 0.197 bits per heavy atom. The summed E-state index contributed by atoms with van der Waals surface area (Å²) in [4.78, 5) is 0. The summed E-state index contributed by atoms with van der Waals surface area (Å²) in [6, 6.07) is 82.0. The van der Waals surface area contributed by atoms with Crippen LogP contribution in [0.15, 0.2) is 218 Å². The van der Waals surface area contributed by atoms with E-state index in [9.17, 15) is 0 Å². The fourth-order valence-corrected chi connectivity index (χ4v) is 12.1. The van der Waals surface area contributed by atoms with E-state index in [-0.39, 0.29) is 0 Å². The van der Waals surface area contributed by atoms with Gasteiger partial charge in [0.05, 0.1) is 0 Å². The quantitative estimate of drug-likeness (QED) is 0.152. The molecule has 0 spiro atoms. The highest BCUT2D eigenvalue weighted by atomic mass is 14.3. The maximum atomic E-state index is 2.56. The molecule has 0 aliphatic carbocycles. The SMILES string of the molecule is Cc1cccc(C)c1-c1ccc2c(-c3ccccc3)c3c4cc5c(cc6c7c(-c8ccccc8)ccc(-c8ccccc8)c7c7cccc5c76)c5cccc(c3c(-c3ccccc3)c2c1)c54. The van der Waals surface area contributed by atoms with Gasteiger partial charge in [-0.3, -0.25) is 0 Å². The van der Waals surface area contributed by atoms with E-state index in [2.05, 4.69) is 232 Å². The summed E-state index contributed by atoms with van der Waals surface area (Å²) in [5.74, 6) is 0. The molecular formula is C66H42. The lowest BCUT2D eigenvalue weighted by Gasteiger charge is -2.19. The number of fused-ring (bicyclic) bond motifs is 10. The van der Waals surface area contributed by atoms with Crippen molar-refractivity contribution in [1.82, 2.24) is 0 Å². The first-order valence-corrected chi connectivity index (χ1v) is 23.2. The maximum Gasteiger partial charge on any atom is -0.000719 e. The second kappa shape index (κ2) is 14.1. The molecule has 0 nitrogen and oxygen atoms in total. The summed E-state index contributed by atoms with van der Waals surface area (Å²) in [5.41, 5.74) is 15.2. The van der Waals surface area contributed by atoms with Crippen molar-refractivity contribution < 1.29 is 0 Å². The Kier molecular flexibility index (Phi) is 7.92. The van der Waals surface area contributed by atoms with Gasteiger partial charge in [0.1, 0.15) is 0 Å². The zero-order valence-electron chi connectivity index (χ0n) is 36.8. The Bertz CT molecular complexity index is 4220. The minimum atomic E-state index is 1.23. The van der Waals surface area contributed by atoms with E-state index in [0.29, 0.717) is 0 Å². The van der Waals surface area contributed by atoms with E-state index in [1.807, 2.05) is 0 Å². The van der Waals surface area contributed by atoms with Crippen molar-refractivity contribution >= 4 is 86.2 Å². The van der Waals surface area contributed by atoms with Gasteiger partial charge in [-0.1, -0.05) is 200 Å². The molecule has 0 fully saturated rings. The van der Waals surface area contributed by atoms with E-state index in [0.717, 1.165) is 0 Å². The maximum absolute atomic E-state index is 2.56. The molecule has 0 aliphatic heterocycles. The highest BCUT2D eigenvalue weighted by Gasteiger charge is 2.27. The van der Waals surface area contributed by atoms with Crippen molar-refractivity contribution in [3.63, 3.8) is 0 Å². The topological polar surface area (TPSA) is 0 Å². The molecule has 14 aromatic rings. The molecule has 0 bridgehead atoms. The first-order valence-electron chi connectivity index (χ1n) is 23.2. The molecular weight excluding hydrogens is 793 g/mol. The third-order valence-corrected chi connectivity index (χ3v) is 14.8. The number of benzene rings is 12. The Hall–Kier alpha value is -8.32. The van der Waals surface area contributed by atoms with Crippen LogP contribution in [0.2, 0.25) is 0 Å². The zero-order valence-corrected chi connectivity index (χ0v) is 36.8. The van der Waals surface area contributed by atoms with Crippen LogP contribution in [0.5, 0.6) is 0 Å². The second-order valence-corrected chi connectivity index (χ2v) is 18.3. The molecule has 0 amide bonds. The van der Waals surface area contributed by atoms with E-state index >= 15 is 0 Å². The van der Waals surface area contributed by atoms with Gasteiger partial charge in [-0.2, -0.15) is 0 Å². The van der Waals surface area contributed by atoms with Crippen LogP contribution < -0.4 is 0 Å². The highest BCUT2D eigenvalue weighted by Crippen LogP contribution is 2.55. The third-order valence-electron chi connectivity index (χ3n) is 14.8. The molecule has 0 saturated heterocycles. The van der Waals surface area contributed by atoms with E-state index < -0.39 is 0 Å². The highest BCUT2D eigenvalue weighted by molar-refractivity contribution is 6.46. The minimum Gasteiger partial charge on any atom is -0.0622 e. The van der Waals surface area contributed by atoms with Gasteiger partial charge in [0.15, 0.2) is 0 Å². The van der Waals surface area contributed by atoms with Crippen LogP contribution >= 0.6 is 0 Å². The van der Waals surface area contributed by atoms with Gasteiger partial charge >= 0.3 is 0 Å². The Morgan fingerprint density at radius 2 is 0.606 bits per heavy atom. The first kappa shape index (κ1) is 37.1. The van der Waals surface area contributed by atoms with Crippen molar-refractivity contribution in [3.8, 4) is 55.6 Å². The molecule has 14 rings (SSSR count). The summed E-state index contributed by atoms with van der Waals surface area (Å²) < 4.78 is 0. The molecule has 306 valence electrons. The molecule has 0 atom stereocenters. The van der Waals surface area contributed by atoms with Crippen LogP contribution in [-0.2, 0) is 0 Å². The molecule has 0 radical (unpaired) electrons. The summed E-state index contributed by atoms with van der Waals surface area (Å²) in [7, 11) is 0. The van der Waals surface area contributed by atoms with Crippen molar-refractivity contribution in [1.29, 1.82) is 0 Å². The smallest absolute Gasteiger partial charge is 0.000719 e. The zero-order chi connectivity index (χ0) is 43.6. The van der Waals surface area contributed by atoms with Crippen LogP contribution in [0.3, 0.4) is 0 Å². The fourth-order valence-electron chi connectivity index (χ4n) is 12.1. The second-order valence-electron chi connectivity index (χ2n) is 18.3. The number of hydrogen-bond donors (Lipinski definition) is 0. The molecule has 0 aliphatic rings. The summed E-state index contributed by atoms with van der Waals surface area (Å²) in [6.45, 7) is 4.48. The molecule has 0 N–H and O–H groups in total. The van der Waals surface area contributed by atoms with Crippen LogP contribution in [0, 0.1) is 13.8 Å². The summed E-state index contributed by atoms with van der Waals surface area (Å²) >= 11 is 0. The Balaban J connectivity index is 1.20. The predicted molar refractivity (Wildman–Crippen MR) is 286 cm³/mol. The van der Waals surface area contributed by atoms with Crippen LogP contribution in [0.4, 0.5) is 0 Å². The van der Waals surface area contributed by atoms with Gasteiger partial charge < -0.3 is 0 Å². The molecule has 0 saturated carbocycles. The lowest BCUT2D eigenvalue weighted by Crippen LogP contribution is -1.92. The normalized spacial score (nSPS) is 12.1. The van der Waals surface area contributed by atoms with Gasteiger partial charge in [0.2, 0.25) is 0 Å². The van der Waals surface area contributed by atoms with Crippen molar-refractivity contribution in [3.05, 3.63) is 230 Å². The average molecular weight is 835 g/mol. The van der Waals surface area contributed by atoms with Crippen molar-refractivity contribution in [2.75, 3.05) is 0 Å². The van der Waals surface area contributed by atoms with Gasteiger partial charge in [0.25, 0.3) is 0 Å². The Labute approximate surface area is 383 Å². The monoisotopic (exact) mass is 834 g/mol. The van der Waals surface area contributed by atoms with Gasteiger partial charge in [-0.25, -0.2) is 0 Å². The number of rotatable bonds is 5. The number of hydrogen-bond acceptors (Lipinski definition) is 0. The number of aryl methyl sites for hydroxylation is 2. The van der Waals surface area contributed by atoms with Gasteiger partial charge in [0, 0.05) is 0 Å². The van der Waals surface area contributed by atoms with Crippen molar-refractivity contribution in [2.24, 2.45) is 0 Å². The predicted octanol–water partition coefficient (Wildman–Crippen LogP) is 18.7.